The molecule has 0 aliphatic carbocycles. The molecule has 0 heterocycles. The van der Waals surface area contributed by atoms with Crippen molar-refractivity contribution in [3.63, 3.8) is 0 Å². The number of unbranched alkanes of at least 4 members (excludes halogenated alkanes) is 10. The monoisotopic (exact) mass is 316 g/mol. The Balaban J connectivity index is 3.13. The predicted molar refractivity (Wildman–Crippen MR) is 90.0 cm³/mol. The summed E-state index contributed by atoms with van der Waals surface area (Å²) in [5.41, 5.74) is 0. The molecule has 0 bridgehead atoms. The Hall–Kier alpha value is -0.610. The van der Waals surface area contributed by atoms with Gasteiger partial charge in [-0.25, -0.2) is 0 Å². The number of hydrogen-bond acceptors (Lipinski definition) is 3. The highest BCUT2D eigenvalue weighted by molar-refractivity contribution is 5.66. The average Bonchev–Trinajstić information content (AvgIpc) is 2.50. The number of carboxylic acid groups (broad SMARTS) is 1. The van der Waals surface area contributed by atoms with Gasteiger partial charge in [-0.15, -0.1) is 0 Å². The van der Waals surface area contributed by atoms with Crippen molar-refractivity contribution in [3.05, 3.63) is 0 Å². The molecule has 0 saturated carbocycles. The zero-order chi connectivity index (χ0) is 16.6. The summed E-state index contributed by atoms with van der Waals surface area (Å²) in [6.45, 7) is 1.89. The number of aliphatic carboxylic acids is 1. The van der Waals surface area contributed by atoms with Gasteiger partial charge in [0.25, 0.3) is 0 Å². The molecule has 4 nitrogen and oxygen atoms in total. The van der Waals surface area contributed by atoms with Crippen molar-refractivity contribution in [2.24, 2.45) is 0 Å². The number of carbonyl (C=O) groups is 1. The van der Waals surface area contributed by atoms with Crippen molar-refractivity contribution in [2.75, 3.05) is 0 Å². The minimum Gasteiger partial charge on any atom is -0.481 e. The second kappa shape index (κ2) is 15.3. The van der Waals surface area contributed by atoms with E-state index in [2.05, 4.69) is 0 Å². The van der Waals surface area contributed by atoms with Crippen LogP contribution >= 0.6 is 0 Å². The van der Waals surface area contributed by atoms with Gasteiger partial charge >= 0.3 is 5.97 Å². The molecule has 0 fully saturated rings. The Labute approximate surface area is 135 Å². The molecule has 0 aromatic carbocycles. The molecular formula is C18H36O4. The van der Waals surface area contributed by atoms with Crippen molar-refractivity contribution >= 4 is 5.97 Å². The van der Waals surface area contributed by atoms with E-state index < -0.39 is 18.2 Å². The number of rotatable bonds is 16. The van der Waals surface area contributed by atoms with Crippen molar-refractivity contribution in [2.45, 2.75) is 109 Å². The Kier molecular flexibility index (Phi) is 14.9. The lowest BCUT2D eigenvalue weighted by molar-refractivity contribution is -0.137. The Morgan fingerprint density at radius 3 is 1.55 bits per heavy atom. The smallest absolute Gasteiger partial charge is 0.303 e. The third-order valence-electron chi connectivity index (χ3n) is 4.25. The summed E-state index contributed by atoms with van der Waals surface area (Å²) in [6.07, 6.45) is 13.2. The number of aliphatic hydroxyl groups excluding tert-OH is 2. The van der Waals surface area contributed by atoms with E-state index in [1.54, 1.807) is 0 Å². The molecule has 0 aromatic rings. The van der Waals surface area contributed by atoms with Gasteiger partial charge < -0.3 is 15.3 Å². The van der Waals surface area contributed by atoms with Crippen molar-refractivity contribution < 1.29 is 20.1 Å². The lowest BCUT2D eigenvalue weighted by Crippen LogP contribution is -2.24. The maximum Gasteiger partial charge on any atom is 0.303 e. The first-order valence-corrected chi connectivity index (χ1v) is 9.15. The Bertz CT molecular complexity index is 255. The summed E-state index contributed by atoms with van der Waals surface area (Å²) in [5.74, 6) is -0.684. The molecule has 22 heavy (non-hydrogen) atoms. The largest absolute Gasteiger partial charge is 0.481 e. The quantitative estimate of drug-likeness (QED) is 0.371. The van der Waals surface area contributed by atoms with E-state index in [1.165, 1.54) is 38.5 Å². The lowest BCUT2D eigenvalue weighted by Gasteiger charge is -2.15. The van der Waals surface area contributed by atoms with Gasteiger partial charge in [-0.2, -0.15) is 0 Å². The lowest BCUT2D eigenvalue weighted by atomic mass is 10.0. The van der Waals surface area contributed by atoms with Crippen LogP contribution < -0.4 is 0 Å². The average molecular weight is 316 g/mol. The minimum atomic E-state index is -0.684. The van der Waals surface area contributed by atoms with E-state index in [1.807, 2.05) is 6.92 Å². The number of aliphatic hydroxyl groups is 2. The van der Waals surface area contributed by atoms with E-state index in [9.17, 15) is 15.0 Å². The molecule has 4 heteroatoms. The van der Waals surface area contributed by atoms with Crippen LogP contribution in [0.5, 0.6) is 0 Å². The molecule has 0 aliphatic heterocycles. The van der Waals surface area contributed by atoms with E-state index in [-0.39, 0.29) is 0 Å². The predicted octanol–water partition coefficient (Wildman–Crippen LogP) is 4.27. The van der Waals surface area contributed by atoms with Crippen LogP contribution in [0.25, 0.3) is 0 Å². The third kappa shape index (κ3) is 14.3. The SMILES string of the molecule is CCC(O)C(O)CCCCCCCCCCCCCC(=O)O. The van der Waals surface area contributed by atoms with E-state index >= 15 is 0 Å². The third-order valence-corrected chi connectivity index (χ3v) is 4.25. The van der Waals surface area contributed by atoms with Gasteiger partial charge in [0.2, 0.25) is 0 Å². The fraction of sp³-hybridized carbons (Fsp3) is 0.944. The van der Waals surface area contributed by atoms with Crippen LogP contribution in [0.3, 0.4) is 0 Å². The van der Waals surface area contributed by atoms with Gasteiger partial charge in [0, 0.05) is 6.42 Å². The highest BCUT2D eigenvalue weighted by atomic mass is 16.4. The van der Waals surface area contributed by atoms with Crippen LogP contribution in [0.4, 0.5) is 0 Å². The van der Waals surface area contributed by atoms with Gasteiger partial charge in [0.15, 0.2) is 0 Å². The van der Waals surface area contributed by atoms with Gasteiger partial charge in [-0.1, -0.05) is 71.1 Å². The fourth-order valence-electron chi connectivity index (χ4n) is 2.69. The highest BCUT2D eigenvalue weighted by Gasteiger charge is 2.12. The van der Waals surface area contributed by atoms with Crippen LogP contribution in [0.2, 0.25) is 0 Å². The molecule has 0 amide bonds. The first-order valence-electron chi connectivity index (χ1n) is 9.15. The molecule has 0 spiro atoms. The second-order valence-electron chi connectivity index (χ2n) is 6.36. The summed E-state index contributed by atoms with van der Waals surface area (Å²) in [5, 5.41) is 27.6. The molecule has 132 valence electrons. The Morgan fingerprint density at radius 1 is 0.727 bits per heavy atom. The highest BCUT2D eigenvalue weighted by Crippen LogP contribution is 2.14. The van der Waals surface area contributed by atoms with E-state index in [4.69, 9.17) is 5.11 Å². The zero-order valence-electron chi connectivity index (χ0n) is 14.3. The first-order chi connectivity index (χ1) is 10.6. The van der Waals surface area contributed by atoms with Gasteiger partial charge in [-0.3, -0.25) is 4.79 Å². The van der Waals surface area contributed by atoms with Crippen molar-refractivity contribution in [1.29, 1.82) is 0 Å². The summed E-state index contributed by atoms with van der Waals surface area (Å²) in [6, 6.07) is 0. The first kappa shape index (κ1) is 21.4. The number of carboxylic acids is 1. The van der Waals surface area contributed by atoms with Crippen LogP contribution in [-0.2, 0) is 4.79 Å². The topological polar surface area (TPSA) is 77.8 Å². The molecule has 0 aliphatic rings. The minimum absolute atomic E-state index is 0.310. The van der Waals surface area contributed by atoms with Crippen LogP contribution in [0.15, 0.2) is 0 Å². The normalized spacial score (nSPS) is 14.0. The van der Waals surface area contributed by atoms with Crippen LogP contribution in [-0.4, -0.2) is 33.5 Å². The maximum atomic E-state index is 10.3. The summed E-state index contributed by atoms with van der Waals surface area (Å²) >= 11 is 0. The van der Waals surface area contributed by atoms with Crippen LogP contribution in [0, 0.1) is 0 Å². The van der Waals surface area contributed by atoms with Crippen molar-refractivity contribution in [1.82, 2.24) is 0 Å². The molecule has 0 aromatic heterocycles. The molecule has 2 unspecified atom stereocenters. The molecular weight excluding hydrogens is 280 g/mol. The van der Waals surface area contributed by atoms with Crippen molar-refractivity contribution in [3.8, 4) is 0 Å². The molecule has 0 radical (unpaired) electrons. The number of hydrogen-bond donors (Lipinski definition) is 3. The van der Waals surface area contributed by atoms with Crippen LogP contribution in [0.1, 0.15) is 96.8 Å². The van der Waals surface area contributed by atoms with E-state index in [0.29, 0.717) is 19.3 Å². The van der Waals surface area contributed by atoms with E-state index in [0.717, 1.165) is 32.1 Å². The molecule has 2 atom stereocenters. The summed E-state index contributed by atoms with van der Waals surface area (Å²) < 4.78 is 0. The van der Waals surface area contributed by atoms with Gasteiger partial charge in [0.1, 0.15) is 0 Å². The standard InChI is InChI=1S/C18H36O4/c1-2-16(19)17(20)14-12-10-8-6-4-3-5-7-9-11-13-15-18(21)22/h16-17,19-20H,2-15H2,1H3,(H,21,22). The summed E-state index contributed by atoms with van der Waals surface area (Å²) in [7, 11) is 0. The maximum absolute atomic E-state index is 10.3. The summed E-state index contributed by atoms with van der Waals surface area (Å²) in [4.78, 5) is 10.3. The Morgan fingerprint density at radius 2 is 1.14 bits per heavy atom. The molecule has 0 saturated heterocycles. The second-order valence-corrected chi connectivity index (χ2v) is 6.36. The van der Waals surface area contributed by atoms with Gasteiger partial charge in [-0.05, 0) is 19.3 Å². The zero-order valence-corrected chi connectivity index (χ0v) is 14.3. The molecule has 0 rings (SSSR count). The van der Waals surface area contributed by atoms with Gasteiger partial charge in [0.05, 0.1) is 12.2 Å². The fourth-order valence-corrected chi connectivity index (χ4v) is 2.69. The molecule has 3 N–H and O–H groups in total.